The van der Waals surface area contributed by atoms with Crippen LogP contribution in [0.1, 0.15) is 39.2 Å². The lowest BCUT2D eigenvalue weighted by atomic mass is 9.73. The van der Waals surface area contributed by atoms with Gasteiger partial charge in [0.2, 0.25) is 0 Å². The van der Waals surface area contributed by atoms with E-state index in [9.17, 15) is 4.79 Å². The zero-order valence-corrected chi connectivity index (χ0v) is 12.0. The minimum atomic E-state index is 0.191. The summed E-state index contributed by atoms with van der Waals surface area (Å²) in [5.74, 6) is 1.32. The Balaban J connectivity index is 2.29. The van der Waals surface area contributed by atoms with Crippen LogP contribution >= 0.6 is 0 Å². The van der Waals surface area contributed by atoms with E-state index < -0.39 is 0 Å². The molecule has 0 unspecified atom stereocenters. The van der Waals surface area contributed by atoms with Crippen LogP contribution in [0, 0.1) is 17.8 Å². The predicted octanol–water partition coefficient (Wildman–Crippen LogP) is 3.92. The van der Waals surface area contributed by atoms with Gasteiger partial charge >= 0.3 is 0 Å². The van der Waals surface area contributed by atoms with Crippen molar-refractivity contribution in [2.75, 3.05) is 5.73 Å². The quantitative estimate of drug-likeness (QED) is 0.644. The van der Waals surface area contributed by atoms with E-state index >= 15 is 0 Å². The molecule has 1 fully saturated rings. The van der Waals surface area contributed by atoms with Crippen molar-refractivity contribution >= 4 is 17.5 Å². The number of Topliss-reactive ketones (excluding diaryl/α,β-unsaturated/α-hetero) is 1. The van der Waals surface area contributed by atoms with Crippen LogP contribution in [0.15, 0.2) is 29.8 Å². The van der Waals surface area contributed by atoms with Gasteiger partial charge < -0.3 is 5.73 Å². The van der Waals surface area contributed by atoms with Crippen LogP contribution in [0.5, 0.6) is 0 Å². The first-order valence-corrected chi connectivity index (χ1v) is 7.10. The standard InChI is InChI=1S/C17H23NO/c1-11(2)15-9-4-12(3)16(17(15)19)10-13-5-7-14(18)8-6-13/h5-8,10-12,15H,4,9,18H2,1-3H3/t12-,15-/m0/s1. The molecule has 0 aromatic heterocycles. The highest BCUT2D eigenvalue weighted by Gasteiger charge is 2.32. The van der Waals surface area contributed by atoms with Crippen molar-refractivity contribution in [2.45, 2.75) is 33.6 Å². The Morgan fingerprint density at radius 1 is 1.21 bits per heavy atom. The molecule has 1 aliphatic rings. The van der Waals surface area contributed by atoms with Gasteiger partial charge in [-0.25, -0.2) is 0 Å². The van der Waals surface area contributed by atoms with Crippen LogP contribution < -0.4 is 5.73 Å². The lowest BCUT2D eigenvalue weighted by Gasteiger charge is -2.30. The zero-order valence-electron chi connectivity index (χ0n) is 12.0. The van der Waals surface area contributed by atoms with Gasteiger partial charge in [0, 0.05) is 11.6 Å². The van der Waals surface area contributed by atoms with Gasteiger partial charge in [-0.3, -0.25) is 4.79 Å². The molecular formula is C17H23NO. The van der Waals surface area contributed by atoms with Gasteiger partial charge in [0.05, 0.1) is 0 Å². The van der Waals surface area contributed by atoms with E-state index in [1.165, 1.54) is 0 Å². The number of allylic oxidation sites excluding steroid dienone is 1. The largest absolute Gasteiger partial charge is 0.399 e. The number of nitrogen functional groups attached to an aromatic ring is 1. The number of nitrogens with two attached hydrogens (primary N) is 1. The number of ketones is 1. The molecule has 0 saturated heterocycles. The smallest absolute Gasteiger partial charge is 0.162 e. The molecule has 1 aromatic carbocycles. The van der Waals surface area contributed by atoms with E-state index in [1.54, 1.807) is 0 Å². The summed E-state index contributed by atoms with van der Waals surface area (Å²) in [6.45, 7) is 6.43. The molecule has 19 heavy (non-hydrogen) atoms. The third kappa shape index (κ3) is 3.06. The maximum absolute atomic E-state index is 12.6. The average Bonchev–Trinajstić information content (AvgIpc) is 2.36. The van der Waals surface area contributed by atoms with Gasteiger partial charge in [-0.2, -0.15) is 0 Å². The van der Waals surface area contributed by atoms with Gasteiger partial charge in [-0.05, 0) is 54.0 Å². The molecule has 0 heterocycles. The first-order valence-electron chi connectivity index (χ1n) is 7.10. The molecule has 2 N–H and O–H groups in total. The Bertz CT molecular complexity index is 484. The highest BCUT2D eigenvalue weighted by atomic mass is 16.1. The molecule has 0 amide bonds. The molecule has 0 bridgehead atoms. The molecule has 102 valence electrons. The van der Waals surface area contributed by atoms with Crippen LogP contribution in [-0.4, -0.2) is 5.78 Å². The fourth-order valence-corrected chi connectivity index (χ4v) is 2.79. The zero-order chi connectivity index (χ0) is 14.0. The van der Waals surface area contributed by atoms with Gasteiger partial charge in [0.1, 0.15) is 0 Å². The highest BCUT2D eigenvalue weighted by Crippen LogP contribution is 2.35. The molecule has 2 rings (SSSR count). The summed E-state index contributed by atoms with van der Waals surface area (Å²) in [6, 6.07) is 7.71. The van der Waals surface area contributed by atoms with Gasteiger partial charge in [-0.15, -0.1) is 0 Å². The minimum Gasteiger partial charge on any atom is -0.399 e. The number of rotatable bonds is 2. The van der Waals surface area contributed by atoms with E-state index in [4.69, 9.17) is 5.73 Å². The van der Waals surface area contributed by atoms with Gasteiger partial charge in [-0.1, -0.05) is 32.9 Å². The normalized spacial score (nSPS) is 26.1. The summed E-state index contributed by atoms with van der Waals surface area (Å²) in [5.41, 5.74) is 8.49. The molecule has 2 atom stereocenters. The maximum atomic E-state index is 12.6. The fourth-order valence-electron chi connectivity index (χ4n) is 2.79. The first-order chi connectivity index (χ1) is 8.99. The van der Waals surface area contributed by atoms with Crippen LogP contribution in [0.25, 0.3) is 6.08 Å². The number of carbonyl (C=O) groups excluding carboxylic acids is 1. The summed E-state index contributed by atoms with van der Waals surface area (Å²) in [6.07, 6.45) is 4.17. The molecule has 0 spiro atoms. The lowest BCUT2D eigenvalue weighted by Crippen LogP contribution is -2.30. The number of hydrogen-bond acceptors (Lipinski definition) is 2. The molecule has 1 saturated carbocycles. The van der Waals surface area contributed by atoms with E-state index in [0.29, 0.717) is 17.6 Å². The number of hydrogen-bond donors (Lipinski definition) is 1. The fraction of sp³-hybridized carbons (Fsp3) is 0.471. The summed E-state index contributed by atoms with van der Waals surface area (Å²) in [7, 11) is 0. The van der Waals surface area contributed by atoms with Crippen molar-refractivity contribution in [3.05, 3.63) is 35.4 Å². The Morgan fingerprint density at radius 3 is 2.42 bits per heavy atom. The lowest BCUT2D eigenvalue weighted by molar-refractivity contribution is -0.122. The number of carbonyl (C=O) groups is 1. The maximum Gasteiger partial charge on any atom is 0.162 e. The number of benzene rings is 1. The molecule has 1 aliphatic carbocycles. The van der Waals surface area contributed by atoms with E-state index in [0.717, 1.165) is 29.7 Å². The summed E-state index contributed by atoms with van der Waals surface area (Å²) in [4.78, 5) is 12.6. The van der Waals surface area contributed by atoms with Crippen LogP contribution in [0.4, 0.5) is 5.69 Å². The molecule has 1 aromatic rings. The summed E-state index contributed by atoms with van der Waals surface area (Å²) < 4.78 is 0. The van der Waals surface area contributed by atoms with Crippen molar-refractivity contribution in [3.63, 3.8) is 0 Å². The number of anilines is 1. The summed E-state index contributed by atoms with van der Waals surface area (Å²) >= 11 is 0. The van der Waals surface area contributed by atoms with E-state index in [1.807, 2.05) is 30.3 Å². The molecule has 2 nitrogen and oxygen atoms in total. The first kappa shape index (κ1) is 13.9. The Kier molecular flexibility index (Phi) is 4.08. The third-order valence-corrected chi connectivity index (χ3v) is 4.13. The minimum absolute atomic E-state index is 0.191. The molecule has 2 heteroatoms. The second-order valence-electron chi connectivity index (χ2n) is 5.96. The van der Waals surface area contributed by atoms with Crippen molar-refractivity contribution in [1.29, 1.82) is 0 Å². The predicted molar refractivity (Wildman–Crippen MR) is 80.6 cm³/mol. The van der Waals surface area contributed by atoms with Crippen molar-refractivity contribution < 1.29 is 4.79 Å². The second kappa shape index (κ2) is 5.60. The molecule has 0 aliphatic heterocycles. The topological polar surface area (TPSA) is 43.1 Å². The Morgan fingerprint density at radius 2 is 1.84 bits per heavy atom. The molecule has 0 radical (unpaired) electrons. The van der Waals surface area contributed by atoms with Crippen LogP contribution in [0.3, 0.4) is 0 Å². The van der Waals surface area contributed by atoms with E-state index in [2.05, 4.69) is 20.8 Å². The summed E-state index contributed by atoms with van der Waals surface area (Å²) in [5, 5.41) is 0. The Hall–Kier alpha value is -1.57. The third-order valence-electron chi connectivity index (χ3n) is 4.13. The van der Waals surface area contributed by atoms with Crippen LogP contribution in [0.2, 0.25) is 0 Å². The SMILES string of the molecule is CC(C)[C@@H]1CC[C@H](C)C(=Cc2ccc(N)cc2)C1=O. The molecular weight excluding hydrogens is 234 g/mol. The van der Waals surface area contributed by atoms with Crippen molar-refractivity contribution in [3.8, 4) is 0 Å². The monoisotopic (exact) mass is 257 g/mol. The van der Waals surface area contributed by atoms with Gasteiger partial charge in [0.15, 0.2) is 5.78 Å². The Labute approximate surface area is 115 Å². The van der Waals surface area contributed by atoms with Crippen molar-refractivity contribution in [1.82, 2.24) is 0 Å². The average molecular weight is 257 g/mol. The van der Waals surface area contributed by atoms with E-state index in [-0.39, 0.29) is 5.92 Å². The highest BCUT2D eigenvalue weighted by molar-refractivity contribution is 6.02. The second-order valence-corrected chi connectivity index (χ2v) is 5.96. The van der Waals surface area contributed by atoms with Crippen LogP contribution in [-0.2, 0) is 4.79 Å². The van der Waals surface area contributed by atoms with Crippen molar-refractivity contribution in [2.24, 2.45) is 17.8 Å². The van der Waals surface area contributed by atoms with Gasteiger partial charge in [0.25, 0.3) is 0 Å².